The monoisotopic (exact) mass is 558 g/mol. The van der Waals surface area contributed by atoms with Gasteiger partial charge in [0, 0.05) is 60.3 Å². The summed E-state index contributed by atoms with van der Waals surface area (Å²) < 4.78 is 3.28. The van der Waals surface area contributed by atoms with Crippen LogP contribution < -0.4 is 16.2 Å². The molecule has 3 aromatic heterocycles. The van der Waals surface area contributed by atoms with Crippen LogP contribution in [0.4, 0.5) is 11.6 Å². The van der Waals surface area contributed by atoms with Gasteiger partial charge in [-0.3, -0.25) is 14.4 Å². The highest BCUT2D eigenvalue weighted by Gasteiger charge is 2.20. The van der Waals surface area contributed by atoms with E-state index in [1.807, 2.05) is 36.4 Å². The van der Waals surface area contributed by atoms with E-state index in [2.05, 4.69) is 60.4 Å². The van der Waals surface area contributed by atoms with Crippen molar-refractivity contribution in [2.24, 2.45) is 12.0 Å². The number of nitrogens with one attached hydrogen (secondary N) is 2. The highest BCUT2D eigenvalue weighted by Crippen LogP contribution is 2.30. The van der Waals surface area contributed by atoms with E-state index in [0.717, 1.165) is 41.0 Å². The van der Waals surface area contributed by atoms with Crippen LogP contribution >= 0.6 is 0 Å². The first-order valence-corrected chi connectivity index (χ1v) is 14.1. The molecule has 1 unspecified atom stereocenters. The maximum Gasteiger partial charge on any atom is 0.260 e. The van der Waals surface area contributed by atoms with Crippen molar-refractivity contribution in [3.05, 3.63) is 89.0 Å². The fourth-order valence-electron chi connectivity index (χ4n) is 5.72. The van der Waals surface area contributed by atoms with Gasteiger partial charge in [-0.2, -0.15) is 4.98 Å². The second-order valence-electron chi connectivity index (χ2n) is 10.7. The van der Waals surface area contributed by atoms with Crippen molar-refractivity contribution >= 4 is 28.4 Å². The molecule has 42 heavy (non-hydrogen) atoms. The number of pyridine rings is 1. The van der Waals surface area contributed by atoms with E-state index in [9.17, 15) is 4.79 Å². The molecule has 1 atom stereocenters. The maximum atomic E-state index is 14.2. The SMILES string of the molecule is Cn1nnnc1-c1ccccc1-c1cc2cnc(Nc3ccc(C4CCCNC4)cc3)nc2n(CC2=NC=CC2)c1=O. The number of allylic oxidation sites excluding steroid dienone is 1. The average molecular weight is 559 g/mol. The van der Waals surface area contributed by atoms with E-state index in [4.69, 9.17) is 4.98 Å². The second kappa shape index (κ2) is 11.1. The number of hydrogen-bond acceptors (Lipinski definition) is 9. The Kier molecular flexibility index (Phi) is 6.84. The fourth-order valence-corrected chi connectivity index (χ4v) is 5.72. The minimum absolute atomic E-state index is 0.172. The number of hydrogen-bond donors (Lipinski definition) is 2. The number of anilines is 2. The normalized spacial score (nSPS) is 16.6. The molecule has 0 radical (unpaired) electrons. The topological polar surface area (TPSA) is 128 Å². The number of aliphatic imine (C=N–C) groups is 1. The minimum Gasteiger partial charge on any atom is -0.324 e. The summed E-state index contributed by atoms with van der Waals surface area (Å²) in [5, 5.41) is 19.5. The first-order valence-electron chi connectivity index (χ1n) is 14.1. The predicted molar refractivity (Wildman–Crippen MR) is 163 cm³/mol. The highest BCUT2D eigenvalue weighted by atomic mass is 16.1. The zero-order valence-corrected chi connectivity index (χ0v) is 23.2. The third-order valence-electron chi connectivity index (χ3n) is 7.90. The van der Waals surface area contributed by atoms with Crippen LogP contribution in [-0.4, -0.2) is 53.5 Å². The molecular weight excluding hydrogens is 528 g/mol. The van der Waals surface area contributed by atoms with Crippen molar-refractivity contribution in [3.8, 4) is 22.5 Å². The number of piperidine rings is 1. The Morgan fingerprint density at radius 3 is 2.67 bits per heavy atom. The quantitative estimate of drug-likeness (QED) is 0.304. The lowest BCUT2D eigenvalue weighted by Gasteiger charge is -2.23. The Balaban J connectivity index is 1.28. The molecule has 0 amide bonds. The maximum absolute atomic E-state index is 14.2. The number of nitrogens with zero attached hydrogens (tertiary/aromatic N) is 8. The summed E-state index contributed by atoms with van der Waals surface area (Å²) in [5.41, 5.74) is 5.50. The number of tetrazole rings is 1. The van der Waals surface area contributed by atoms with Gasteiger partial charge in [0.2, 0.25) is 5.95 Å². The van der Waals surface area contributed by atoms with Gasteiger partial charge in [-0.25, -0.2) is 9.67 Å². The lowest BCUT2D eigenvalue weighted by atomic mass is 9.92. The Bertz CT molecular complexity index is 1880. The summed E-state index contributed by atoms with van der Waals surface area (Å²) in [5.74, 6) is 1.53. The minimum atomic E-state index is -0.172. The number of fused-ring (bicyclic) bond motifs is 1. The van der Waals surface area contributed by atoms with Crippen LogP contribution in [0.2, 0.25) is 0 Å². The van der Waals surface area contributed by atoms with Crippen LogP contribution in [0.1, 0.15) is 30.7 Å². The van der Waals surface area contributed by atoms with Crippen LogP contribution in [0.25, 0.3) is 33.5 Å². The van der Waals surface area contributed by atoms with Gasteiger partial charge in [0.15, 0.2) is 5.82 Å². The van der Waals surface area contributed by atoms with Crippen LogP contribution in [0.3, 0.4) is 0 Å². The molecule has 2 aromatic carbocycles. The third kappa shape index (κ3) is 4.99. The van der Waals surface area contributed by atoms with Crippen molar-refractivity contribution in [2.45, 2.75) is 31.7 Å². The van der Waals surface area contributed by atoms with Gasteiger partial charge >= 0.3 is 0 Å². The van der Waals surface area contributed by atoms with Crippen molar-refractivity contribution in [3.63, 3.8) is 0 Å². The molecule has 2 aliphatic rings. The van der Waals surface area contributed by atoms with Gasteiger partial charge in [0.1, 0.15) is 5.65 Å². The molecule has 5 heterocycles. The van der Waals surface area contributed by atoms with E-state index in [1.54, 1.807) is 28.7 Å². The molecule has 11 heteroatoms. The average Bonchev–Trinajstić information content (AvgIpc) is 3.71. The molecule has 2 N–H and O–H groups in total. The van der Waals surface area contributed by atoms with E-state index in [1.165, 1.54) is 18.4 Å². The van der Waals surface area contributed by atoms with Crippen LogP contribution in [0.5, 0.6) is 0 Å². The number of aromatic nitrogens is 7. The lowest BCUT2D eigenvalue weighted by Crippen LogP contribution is -2.28. The highest BCUT2D eigenvalue weighted by molar-refractivity contribution is 5.91. The summed E-state index contributed by atoms with van der Waals surface area (Å²) in [7, 11) is 1.78. The number of rotatable bonds is 7. The molecule has 2 aliphatic heterocycles. The molecule has 0 aliphatic carbocycles. The predicted octanol–water partition coefficient (Wildman–Crippen LogP) is 4.22. The Hall–Kier alpha value is -5.03. The van der Waals surface area contributed by atoms with E-state index >= 15 is 0 Å². The van der Waals surface area contributed by atoms with Crippen LogP contribution in [0.15, 0.2) is 82.9 Å². The molecule has 210 valence electrons. The molecule has 0 bridgehead atoms. The standard InChI is InChI=1S/C31H30N10O/c1-40-29(37-38-39-40)26-9-3-2-8-25(26)27-16-22-18-34-31(36-28(22)41(30(27)42)19-24-7-5-15-33-24)35-23-12-10-20(11-13-23)21-6-4-14-32-17-21/h2-3,5,8-13,15-16,18,21,32H,4,6-7,14,17,19H2,1H3,(H,34,35,36). The summed E-state index contributed by atoms with van der Waals surface area (Å²) >= 11 is 0. The van der Waals surface area contributed by atoms with Crippen molar-refractivity contribution in [1.82, 2.24) is 40.1 Å². The Morgan fingerprint density at radius 2 is 1.93 bits per heavy atom. The molecule has 11 nitrogen and oxygen atoms in total. The number of benzene rings is 2. The van der Waals surface area contributed by atoms with Gasteiger partial charge in [-0.05, 0) is 65.1 Å². The molecule has 0 spiro atoms. The lowest BCUT2D eigenvalue weighted by molar-refractivity contribution is 0.461. The summed E-state index contributed by atoms with van der Waals surface area (Å²) in [6.07, 6.45) is 8.61. The van der Waals surface area contributed by atoms with E-state index in [0.29, 0.717) is 41.9 Å². The van der Waals surface area contributed by atoms with Crippen molar-refractivity contribution < 1.29 is 0 Å². The Morgan fingerprint density at radius 1 is 1.07 bits per heavy atom. The van der Waals surface area contributed by atoms with E-state index < -0.39 is 0 Å². The molecule has 0 saturated carbocycles. The first-order chi connectivity index (χ1) is 20.6. The fraction of sp³-hybridized carbons (Fsp3) is 0.258. The van der Waals surface area contributed by atoms with Gasteiger partial charge in [-0.1, -0.05) is 42.5 Å². The molecule has 1 saturated heterocycles. The molecular formula is C31H30N10O. The van der Waals surface area contributed by atoms with Gasteiger partial charge in [0.05, 0.1) is 6.54 Å². The third-order valence-corrected chi connectivity index (χ3v) is 7.90. The van der Waals surface area contributed by atoms with Crippen molar-refractivity contribution in [2.75, 3.05) is 18.4 Å². The largest absolute Gasteiger partial charge is 0.324 e. The van der Waals surface area contributed by atoms with E-state index in [-0.39, 0.29) is 5.56 Å². The van der Waals surface area contributed by atoms with Crippen LogP contribution in [-0.2, 0) is 13.6 Å². The second-order valence-corrected chi connectivity index (χ2v) is 10.7. The summed E-state index contributed by atoms with van der Waals surface area (Å²) in [6, 6.07) is 17.9. The molecule has 7 rings (SSSR count). The first kappa shape index (κ1) is 25.9. The summed E-state index contributed by atoms with van der Waals surface area (Å²) in [4.78, 5) is 28.1. The number of aryl methyl sites for hydroxylation is 1. The zero-order chi connectivity index (χ0) is 28.5. The zero-order valence-electron chi connectivity index (χ0n) is 23.2. The van der Waals surface area contributed by atoms with Crippen LogP contribution in [0, 0.1) is 0 Å². The summed E-state index contributed by atoms with van der Waals surface area (Å²) in [6.45, 7) is 2.43. The van der Waals surface area contributed by atoms with Gasteiger partial charge < -0.3 is 10.6 Å². The van der Waals surface area contributed by atoms with Gasteiger partial charge in [-0.15, -0.1) is 5.10 Å². The molecule has 5 aromatic rings. The van der Waals surface area contributed by atoms with Gasteiger partial charge in [0.25, 0.3) is 5.56 Å². The Labute approximate surface area is 242 Å². The van der Waals surface area contributed by atoms with Crippen molar-refractivity contribution in [1.29, 1.82) is 0 Å². The molecule has 1 fully saturated rings. The smallest absolute Gasteiger partial charge is 0.260 e.